The van der Waals surface area contributed by atoms with Crippen LogP contribution in [-0.4, -0.2) is 43.6 Å². The molecule has 1 fully saturated rings. The predicted molar refractivity (Wildman–Crippen MR) is 94.5 cm³/mol. The summed E-state index contributed by atoms with van der Waals surface area (Å²) in [4.78, 5) is 19.4. The first-order valence-corrected chi connectivity index (χ1v) is 9.08. The van der Waals surface area contributed by atoms with Gasteiger partial charge in [0.2, 0.25) is 0 Å². The third-order valence-corrected chi connectivity index (χ3v) is 5.58. The maximum absolute atomic E-state index is 13.0. The van der Waals surface area contributed by atoms with Crippen molar-refractivity contribution in [1.29, 1.82) is 0 Å². The third-order valence-electron chi connectivity index (χ3n) is 5.58. The van der Waals surface area contributed by atoms with Gasteiger partial charge in [0.15, 0.2) is 5.69 Å². The number of para-hydroxylation sites is 2. The van der Waals surface area contributed by atoms with Gasteiger partial charge in [-0.05, 0) is 44.2 Å². The Morgan fingerprint density at radius 3 is 3.04 bits per heavy atom. The van der Waals surface area contributed by atoms with Crippen LogP contribution in [0.3, 0.4) is 0 Å². The molecule has 1 aromatic carbocycles. The normalized spacial score (nSPS) is 20.2. The number of hydrogen-bond acceptors (Lipinski definition) is 3. The lowest BCUT2D eigenvalue weighted by Gasteiger charge is -2.18. The summed E-state index contributed by atoms with van der Waals surface area (Å²) < 4.78 is 2.21. The molecule has 0 radical (unpaired) electrons. The van der Waals surface area contributed by atoms with E-state index >= 15 is 0 Å². The van der Waals surface area contributed by atoms with Crippen molar-refractivity contribution in [3.05, 3.63) is 47.5 Å². The molecule has 1 atom stereocenters. The van der Waals surface area contributed by atoms with E-state index in [9.17, 15) is 4.79 Å². The lowest BCUT2D eigenvalue weighted by molar-refractivity contribution is 0.0781. The van der Waals surface area contributed by atoms with Gasteiger partial charge in [-0.25, -0.2) is 4.98 Å². The van der Waals surface area contributed by atoms with Crippen LogP contribution in [0.25, 0.3) is 11.0 Å². The van der Waals surface area contributed by atoms with Crippen LogP contribution >= 0.6 is 0 Å². The summed E-state index contributed by atoms with van der Waals surface area (Å²) in [6.45, 7) is 1.50. The average Bonchev–Trinajstić information content (AvgIpc) is 3.38. The number of nitrogens with zero attached hydrogens (tertiary/aromatic N) is 4. The van der Waals surface area contributed by atoms with Gasteiger partial charge in [0.05, 0.1) is 23.4 Å². The second-order valence-electron chi connectivity index (χ2n) is 7.07. The number of benzene rings is 1. The van der Waals surface area contributed by atoms with E-state index in [0.29, 0.717) is 5.69 Å². The molecule has 6 heteroatoms. The molecule has 1 N–H and O–H groups in total. The minimum absolute atomic E-state index is 0.0753. The lowest BCUT2D eigenvalue weighted by atomic mass is 9.95. The average molecular weight is 335 g/mol. The van der Waals surface area contributed by atoms with Gasteiger partial charge >= 0.3 is 0 Å². The lowest BCUT2D eigenvalue weighted by Crippen LogP contribution is -2.30. The van der Waals surface area contributed by atoms with Gasteiger partial charge in [0, 0.05) is 24.3 Å². The van der Waals surface area contributed by atoms with E-state index in [1.54, 1.807) is 0 Å². The number of rotatable bonds is 2. The van der Waals surface area contributed by atoms with Gasteiger partial charge in [0.1, 0.15) is 0 Å². The Bertz CT molecular complexity index is 940. The van der Waals surface area contributed by atoms with Crippen molar-refractivity contribution in [1.82, 2.24) is 24.6 Å². The monoisotopic (exact) mass is 335 g/mol. The van der Waals surface area contributed by atoms with Crippen LogP contribution in [0.4, 0.5) is 0 Å². The number of aromatic nitrogens is 4. The number of hydrogen-bond donors (Lipinski definition) is 1. The third kappa shape index (κ3) is 2.35. The maximum Gasteiger partial charge on any atom is 0.274 e. The summed E-state index contributed by atoms with van der Waals surface area (Å²) in [5.41, 5.74) is 5.09. The van der Waals surface area contributed by atoms with Gasteiger partial charge < -0.3 is 9.47 Å². The molecule has 1 aliphatic carbocycles. The first kappa shape index (κ1) is 14.7. The zero-order chi connectivity index (χ0) is 16.8. The highest BCUT2D eigenvalue weighted by atomic mass is 16.2. The van der Waals surface area contributed by atoms with Crippen molar-refractivity contribution in [2.24, 2.45) is 0 Å². The van der Waals surface area contributed by atoms with Crippen LogP contribution in [0, 0.1) is 0 Å². The van der Waals surface area contributed by atoms with Gasteiger partial charge in [-0.3, -0.25) is 9.89 Å². The van der Waals surface area contributed by atoms with E-state index in [1.165, 1.54) is 6.42 Å². The first-order valence-electron chi connectivity index (χ1n) is 9.08. The molecule has 25 heavy (non-hydrogen) atoms. The van der Waals surface area contributed by atoms with E-state index in [-0.39, 0.29) is 11.9 Å². The SMILES string of the molecule is O=C(c1n[nH]c2c1CCCC2)N1CCC(n2cnc3ccccc32)C1. The summed E-state index contributed by atoms with van der Waals surface area (Å²) in [5, 5.41) is 7.43. The number of amides is 1. The molecule has 6 nitrogen and oxygen atoms in total. The van der Waals surface area contributed by atoms with Crippen LogP contribution < -0.4 is 0 Å². The van der Waals surface area contributed by atoms with Crippen molar-refractivity contribution in [2.45, 2.75) is 38.1 Å². The molecular formula is C19H21N5O. The number of carbonyl (C=O) groups excluding carboxylic acids is 1. The highest BCUT2D eigenvalue weighted by Crippen LogP contribution is 2.28. The summed E-state index contributed by atoms with van der Waals surface area (Å²) in [7, 11) is 0. The molecule has 3 aromatic rings. The zero-order valence-electron chi connectivity index (χ0n) is 14.1. The molecule has 0 bridgehead atoms. The largest absolute Gasteiger partial charge is 0.335 e. The minimum atomic E-state index is 0.0753. The van der Waals surface area contributed by atoms with Crippen molar-refractivity contribution >= 4 is 16.9 Å². The van der Waals surface area contributed by atoms with Crippen molar-refractivity contribution < 1.29 is 4.79 Å². The van der Waals surface area contributed by atoms with E-state index in [0.717, 1.165) is 61.1 Å². The van der Waals surface area contributed by atoms with Crippen LogP contribution in [0.2, 0.25) is 0 Å². The number of fused-ring (bicyclic) bond motifs is 2. The minimum Gasteiger partial charge on any atom is -0.335 e. The van der Waals surface area contributed by atoms with E-state index in [1.807, 2.05) is 29.4 Å². The molecule has 2 aliphatic rings. The Morgan fingerprint density at radius 2 is 2.08 bits per heavy atom. The molecule has 3 heterocycles. The smallest absolute Gasteiger partial charge is 0.274 e. The van der Waals surface area contributed by atoms with Crippen molar-refractivity contribution in [3.8, 4) is 0 Å². The fourth-order valence-electron chi connectivity index (χ4n) is 4.23. The molecule has 0 spiro atoms. The molecule has 1 unspecified atom stereocenters. The molecule has 1 saturated heterocycles. The van der Waals surface area contributed by atoms with Gasteiger partial charge in [-0.1, -0.05) is 12.1 Å². The summed E-state index contributed by atoms with van der Waals surface area (Å²) in [6.07, 6.45) is 7.17. The van der Waals surface area contributed by atoms with Gasteiger partial charge in [0.25, 0.3) is 5.91 Å². The molecule has 128 valence electrons. The maximum atomic E-state index is 13.0. The number of carbonyl (C=O) groups is 1. The fraction of sp³-hybridized carbons (Fsp3) is 0.421. The summed E-state index contributed by atoms with van der Waals surface area (Å²) >= 11 is 0. The van der Waals surface area contributed by atoms with Gasteiger partial charge in [-0.15, -0.1) is 0 Å². The zero-order valence-corrected chi connectivity index (χ0v) is 14.1. The Labute approximate surface area is 145 Å². The highest BCUT2D eigenvalue weighted by molar-refractivity contribution is 5.94. The van der Waals surface area contributed by atoms with Crippen molar-refractivity contribution in [2.75, 3.05) is 13.1 Å². The standard InChI is InChI=1S/C19H21N5O/c25-19(18-14-5-1-2-6-15(14)21-22-18)23-10-9-13(11-23)24-12-20-16-7-3-4-8-17(16)24/h3-4,7-8,12-13H,1-2,5-6,9-11H2,(H,21,22). The van der Waals surface area contributed by atoms with Crippen molar-refractivity contribution in [3.63, 3.8) is 0 Å². The van der Waals surface area contributed by atoms with E-state index in [2.05, 4.69) is 25.8 Å². The highest BCUT2D eigenvalue weighted by Gasteiger charge is 2.32. The van der Waals surface area contributed by atoms with Crippen LogP contribution in [0.1, 0.15) is 47.1 Å². The Balaban J connectivity index is 1.38. The first-order chi connectivity index (χ1) is 12.3. The molecule has 1 aliphatic heterocycles. The van der Waals surface area contributed by atoms with E-state index < -0.39 is 0 Å². The Kier molecular flexibility index (Phi) is 3.36. The van der Waals surface area contributed by atoms with Crippen LogP contribution in [0.5, 0.6) is 0 Å². The number of imidazole rings is 1. The number of aryl methyl sites for hydroxylation is 1. The molecule has 1 amide bonds. The Morgan fingerprint density at radius 1 is 1.20 bits per heavy atom. The fourth-order valence-corrected chi connectivity index (χ4v) is 4.23. The number of likely N-dealkylation sites (tertiary alicyclic amines) is 1. The van der Waals surface area contributed by atoms with E-state index in [4.69, 9.17) is 0 Å². The second kappa shape index (κ2) is 5.72. The second-order valence-corrected chi connectivity index (χ2v) is 7.07. The molecule has 5 rings (SSSR count). The summed E-state index contributed by atoms with van der Waals surface area (Å²) in [5.74, 6) is 0.0753. The topological polar surface area (TPSA) is 66.8 Å². The molecule has 0 saturated carbocycles. The molecule has 2 aromatic heterocycles. The predicted octanol–water partition coefficient (Wildman–Crippen LogP) is 2.73. The van der Waals surface area contributed by atoms with Gasteiger partial charge in [-0.2, -0.15) is 5.10 Å². The number of aromatic amines is 1. The van der Waals surface area contributed by atoms with Crippen LogP contribution in [0.15, 0.2) is 30.6 Å². The quantitative estimate of drug-likeness (QED) is 0.783. The Hall–Kier alpha value is -2.63. The summed E-state index contributed by atoms with van der Waals surface area (Å²) in [6, 6.07) is 8.45. The van der Waals surface area contributed by atoms with Crippen LogP contribution in [-0.2, 0) is 12.8 Å². The number of H-pyrrole nitrogens is 1. The number of nitrogens with one attached hydrogen (secondary N) is 1. The molecular weight excluding hydrogens is 314 g/mol.